The third-order valence-electron chi connectivity index (χ3n) is 3.21. The van der Waals surface area contributed by atoms with Crippen molar-refractivity contribution in [3.63, 3.8) is 0 Å². The van der Waals surface area contributed by atoms with Gasteiger partial charge in [0, 0.05) is 18.2 Å². The van der Waals surface area contributed by atoms with E-state index in [1.807, 2.05) is 0 Å². The first-order valence-corrected chi connectivity index (χ1v) is 7.42. The Morgan fingerprint density at radius 1 is 1.12 bits per heavy atom. The predicted molar refractivity (Wildman–Crippen MR) is 96.4 cm³/mol. The average Bonchev–Trinajstić information content (AvgIpc) is 2.61. The Hall–Kier alpha value is -3.60. The van der Waals surface area contributed by atoms with E-state index >= 15 is 0 Å². The van der Waals surface area contributed by atoms with Crippen LogP contribution in [0.2, 0.25) is 0 Å². The number of methoxy groups -OCH3 is 1. The fourth-order valence-corrected chi connectivity index (χ4v) is 2.26. The summed E-state index contributed by atoms with van der Waals surface area (Å²) in [5.74, 6) is -0.530. The van der Waals surface area contributed by atoms with Gasteiger partial charge >= 0.3 is 0 Å². The third kappa shape index (κ3) is 4.27. The molecule has 2 rings (SSSR count). The fourth-order valence-electron chi connectivity index (χ4n) is 2.06. The molecule has 0 aromatic heterocycles. The Morgan fingerprint density at radius 3 is 2.42 bits per heavy atom. The predicted octanol–water partition coefficient (Wildman–Crippen LogP) is 2.64. The number of nitro groups is 2. The van der Waals surface area contributed by atoms with Crippen LogP contribution >= 0.6 is 12.2 Å². The van der Waals surface area contributed by atoms with Gasteiger partial charge in [-0.2, -0.15) is 0 Å². The summed E-state index contributed by atoms with van der Waals surface area (Å²) in [5.41, 5.74) is -0.593. The van der Waals surface area contributed by atoms with Crippen molar-refractivity contribution in [1.29, 1.82) is 0 Å². The first kappa shape index (κ1) is 18.7. The third-order valence-corrected chi connectivity index (χ3v) is 3.42. The number of para-hydroxylation sites is 1. The zero-order valence-corrected chi connectivity index (χ0v) is 14.1. The molecule has 10 nitrogen and oxygen atoms in total. The smallest absolute Gasteiger partial charge is 0.282 e. The Labute approximate surface area is 152 Å². The van der Waals surface area contributed by atoms with Crippen LogP contribution in [0, 0.1) is 20.2 Å². The summed E-state index contributed by atoms with van der Waals surface area (Å²) in [7, 11) is 1.36. The van der Waals surface area contributed by atoms with Gasteiger partial charge in [0.2, 0.25) is 0 Å². The number of ether oxygens (including phenoxy) is 1. The highest BCUT2D eigenvalue weighted by Crippen LogP contribution is 2.28. The van der Waals surface area contributed by atoms with Gasteiger partial charge in [-0.15, -0.1) is 0 Å². The topological polar surface area (TPSA) is 137 Å². The number of hydrogen-bond donors (Lipinski definition) is 2. The maximum absolute atomic E-state index is 12.2. The molecule has 2 N–H and O–H groups in total. The molecule has 0 radical (unpaired) electrons. The minimum Gasteiger partial charge on any atom is -0.495 e. The molecule has 0 heterocycles. The lowest BCUT2D eigenvalue weighted by molar-refractivity contribution is -0.385. The SMILES string of the molecule is COc1ccc([N+](=O)[O-])cc1NC(=S)NC(=O)c1ccccc1[N+](=O)[O-]. The van der Waals surface area contributed by atoms with Gasteiger partial charge in [0.15, 0.2) is 5.11 Å². The van der Waals surface area contributed by atoms with E-state index in [1.54, 1.807) is 0 Å². The van der Waals surface area contributed by atoms with Crippen LogP contribution in [0.15, 0.2) is 42.5 Å². The van der Waals surface area contributed by atoms with Crippen LogP contribution in [0.25, 0.3) is 0 Å². The number of nitro benzene ring substituents is 2. The molecule has 0 aliphatic rings. The second kappa shape index (κ2) is 7.98. The highest BCUT2D eigenvalue weighted by molar-refractivity contribution is 7.80. The van der Waals surface area contributed by atoms with Crippen LogP contribution in [-0.2, 0) is 0 Å². The number of carbonyl (C=O) groups is 1. The van der Waals surface area contributed by atoms with Crippen molar-refractivity contribution in [2.24, 2.45) is 0 Å². The van der Waals surface area contributed by atoms with Crippen LogP contribution < -0.4 is 15.4 Å². The van der Waals surface area contributed by atoms with Crippen molar-refractivity contribution in [3.8, 4) is 5.75 Å². The zero-order valence-electron chi connectivity index (χ0n) is 13.3. The summed E-state index contributed by atoms with van der Waals surface area (Å²) in [4.78, 5) is 32.8. The van der Waals surface area contributed by atoms with Gasteiger partial charge in [0.25, 0.3) is 17.3 Å². The molecular weight excluding hydrogens is 364 g/mol. The van der Waals surface area contributed by atoms with Crippen LogP contribution in [0.1, 0.15) is 10.4 Å². The number of carbonyl (C=O) groups excluding carboxylic acids is 1. The van der Waals surface area contributed by atoms with Crippen molar-refractivity contribution in [1.82, 2.24) is 5.32 Å². The number of amides is 1. The van der Waals surface area contributed by atoms with Gasteiger partial charge in [-0.1, -0.05) is 12.1 Å². The van der Waals surface area contributed by atoms with Crippen molar-refractivity contribution in [3.05, 3.63) is 68.3 Å². The van der Waals surface area contributed by atoms with Crippen molar-refractivity contribution in [2.75, 3.05) is 12.4 Å². The number of rotatable bonds is 5. The van der Waals surface area contributed by atoms with Gasteiger partial charge in [0.05, 0.1) is 22.6 Å². The molecular formula is C15H12N4O6S. The molecule has 134 valence electrons. The Bertz CT molecular complexity index is 901. The first-order valence-electron chi connectivity index (χ1n) is 7.01. The highest BCUT2D eigenvalue weighted by atomic mass is 32.1. The normalized spacial score (nSPS) is 9.88. The lowest BCUT2D eigenvalue weighted by Crippen LogP contribution is -2.34. The van der Waals surface area contributed by atoms with Gasteiger partial charge in [0.1, 0.15) is 11.3 Å². The van der Waals surface area contributed by atoms with Gasteiger partial charge in [-0.05, 0) is 24.4 Å². The minimum absolute atomic E-state index is 0.162. The monoisotopic (exact) mass is 376 g/mol. The summed E-state index contributed by atoms with van der Waals surface area (Å²) in [5, 5.41) is 26.6. The summed E-state index contributed by atoms with van der Waals surface area (Å²) >= 11 is 5.00. The maximum atomic E-state index is 12.2. The molecule has 0 fully saturated rings. The summed E-state index contributed by atoms with van der Waals surface area (Å²) in [6.07, 6.45) is 0. The number of nitrogens with one attached hydrogen (secondary N) is 2. The molecule has 0 aliphatic carbocycles. The van der Waals surface area contributed by atoms with Crippen molar-refractivity contribution in [2.45, 2.75) is 0 Å². The molecule has 0 spiro atoms. The molecule has 1 amide bonds. The number of thiocarbonyl (C=S) groups is 1. The molecule has 2 aromatic rings. The molecule has 2 aromatic carbocycles. The van der Waals surface area contributed by atoms with E-state index in [2.05, 4.69) is 10.6 Å². The van der Waals surface area contributed by atoms with E-state index in [0.29, 0.717) is 0 Å². The molecule has 0 saturated carbocycles. The van der Waals surface area contributed by atoms with Crippen LogP contribution in [0.5, 0.6) is 5.75 Å². The van der Waals surface area contributed by atoms with Gasteiger partial charge < -0.3 is 10.1 Å². The highest BCUT2D eigenvalue weighted by Gasteiger charge is 2.20. The summed E-state index contributed by atoms with van der Waals surface area (Å²) in [6.45, 7) is 0. The molecule has 26 heavy (non-hydrogen) atoms. The number of hydrogen-bond acceptors (Lipinski definition) is 7. The molecule has 0 atom stereocenters. The molecule has 0 unspecified atom stereocenters. The largest absolute Gasteiger partial charge is 0.495 e. The maximum Gasteiger partial charge on any atom is 0.282 e. The summed E-state index contributed by atoms with van der Waals surface area (Å²) < 4.78 is 5.07. The van der Waals surface area contributed by atoms with Crippen molar-refractivity contribution >= 4 is 40.3 Å². The quantitative estimate of drug-likeness (QED) is 0.461. The van der Waals surface area contributed by atoms with Gasteiger partial charge in [-0.25, -0.2) is 0 Å². The summed E-state index contributed by atoms with van der Waals surface area (Å²) in [6, 6.07) is 9.18. The second-order valence-corrected chi connectivity index (χ2v) is 5.23. The Kier molecular flexibility index (Phi) is 5.75. The standard InChI is InChI=1S/C15H12N4O6S/c1-25-13-7-6-9(18(21)22)8-11(13)16-15(26)17-14(20)10-4-2-3-5-12(10)19(23)24/h2-8H,1H3,(H2,16,17,20,26). The lowest BCUT2D eigenvalue weighted by Gasteiger charge is -2.12. The molecule has 0 bridgehead atoms. The van der Waals surface area contributed by atoms with E-state index in [9.17, 15) is 25.0 Å². The first-order chi connectivity index (χ1) is 12.3. The fraction of sp³-hybridized carbons (Fsp3) is 0.0667. The van der Waals surface area contributed by atoms with E-state index in [-0.39, 0.29) is 33.5 Å². The minimum atomic E-state index is -0.792. The number of benzene rings is 2. The van der Waals surface area contributed by atoms with Gasteiger partial charge in [-0.3, -0.25) is 30.3 Å². The zero-order chi connectivity index (χ0) is 19.3. The van der Waals surface area contributed by atoms with E-state index in [0.717, 1.165) is 0 Å². The molecule has 0 aliphatic heterocycles. The Balaban J connectivity index is 2.19. The van der Waals surface area contributed by atoms with E-state index in [1.165, 1.54) is 49.6 Å². The molecule has 0 saturated heterocycles. The van der Waals surface area contributed by atoms with Crippen LogP contribution in [0.4, 0.5) is 17.1 Å². The number of nitrogens with zero attached hydrogens (tertiary/aromatic N) is 2. The van der Waals surface area contributed by atoms with Crippen LogP contribution in [0.3, 0.4) is 0 Å². The van der Waals surface area contributed by atoms with Crippen molar-refractivity contribution < 1.29 is 19.4 Å². The number of non-ortho nitro benzene ring substituents is 1. The Morgan fingerprint density at radius 2 is 1.81 bits per heavy atom. The second-order valence-electron chi connectivity index (χ2n) is 4.82. The van der Waals surface area contributed by atoms with Crippen LogP contribution in [-0.4, -0.2) is 28.0 Å². The van der Waals surface area contributed by atoms with E-state index in [4.69, 9.17) is 17.0 Å². The number of anilines is 1. The molecule has 11 heteroatoms. The lowest BCUT2D eigenvalue weighted by atomic mass is 10.1. The van der Waals surface area contributed by atoms with E-state index < -0.39 is 15.8 Å². The average molecular weight is 376 g/mol.